The summed E-state index contributed by atoms with van der Waals surface area (Å²) >= 11 is 1.48. The van der Waals surface area contributed by atoms with E-state index in [1.165, 1.54) is 11.8 Å². The van der Waals surface area contributed by atoms with Gasteiger partial charge >= 0.3 is 0 Å². The van der Waals surface area contributed by atoms with Crippen LogP contribution in [0.15, 0.2) is 24.3 Å². The van der Waals surface area contributed by atoms with Gasteiger partial charge in [0.15, 0.2) is 0 Å². The van der Waals surface area contributed by atoms with Gasteiger partial charge in [-0.2, -0.15) is 15.0 Å². The lowest BCUT2D eigenvalue weighted by atomic mass is 10.3. The van der Waals surface area contributed by atoms with Gasteiger partial charge in [0.25, 0.3) is 0 Å². The van der Waals surface area contributed by atoms with Gasteiger partial charge < -0.3 is 20.7 Å². The van der Waals surface area contributed by atoms with Gasteiger partial charge in [0, 0.05) is 13.1 Å². The summed E-state index contributed by atoms with van der Waals surface area (Å²) in [6.07, 6.45) is 2.19. The first-order valence-corrected chi connectivity index (χ1v) is 9.57. The molecule has 0 spiro atoms. The Morgan fingerprint density at radius 1 is 1.27 bits per heavy atom. The van der Waals surface area contributed by atoms with Crippen molar-refractivity contribution in [1.82, 2.24) is 19.9 Å². The van der Waals surface area contributed by atoms with Crippen LogP contribution in [0.5, 0.6) is 5.75 Å². The van der Waals surface area contributed by atoms with Gasteiger partial charge in [-0.1, -0.05) is 12.1 Å². The van der Waals surface area contributed by atoms with Crippen molar-refractivity contribution in [3.05, 3.63) is 30.1 Å². The van der Waals surface area contributed by atoms with E-state index in [4.69, 9.17) is 10.5 Å². The molecule has 0 radical (unpaired) electrons. The normalized spacial score (nSPS) is 13.7. The lowest BCUT2D eigenvalue weighted by molar-refractivity contribution is -0.127. The van der Waals surface area contributed by atoms with Crippen LogP contribution in [0.1, 0.15) is 18.7 Å². The summed E-state index contributed by atoms with van der Waals surface area (Å²) in [5.41, 5.74) is 6.54. The molecule has 0 aliphatic carbocycles. The number of likely N-dealkylation sites (tertiary alicyclic amines) is 1. The highest BCUT2D eigenvalue weighted by Gasteiger charge is 2.17. The summed E-state index contributed by atoms with van der Waals surface area (Å²) in [5, 5.41) is 3.10. The van der Waals surface area contributed by atoms with Gasteiger partial charge in [0.1, 0.15) is 11.6 Å². The summed E-state index contributed by atoms with van der Waals surface area (Å²) < 4.78 is 5.31. The summed E-state index contributed by atoms with van der Waals surface area (Å²) in [6, 6.07) is 7.47. The fourth-order valence-corrected chi connectivity index (χ4v) is 3.49. The van der Waals surface area contributed by atoms with Crippen molar-refractivity contribution < 1.29 is 9.53 Å². The molecular weight excluding hydrogens is 352 g/mol. The zero-order valence-electron chi connectivity index (χ0n) is 14.6. The van der Waals surface area contributed by atoms with Crippen LogP contribution in [-0.4, -0.2) is 51.7 Å². The zero-order chi connectivity index (χ0) is 18.4. The van der Waals surface area contributed by atoms with Crippen LogP contribution in [-0.2, 0) is 10.5 Å². The number of para-hydroxylation sites is 2. The Morgan fingerprint density at radius 2 is 2.04 bits per heavy atom. The monoisotopic (exact) mass is 374 g/mol. The number of nitrogens with zero attached hydrogens (tertiary/aromatic N) is 4. The van der Waals surface area contributed by atoms with Crippen LogP contribution >= 0.6 is 11.8 Å². The smallest absolute Gasteiger partial charge is 0.232 e. The number of anilines is 3. The molecule has 1 fully saturated rings. The van der Waals surface area contributed by atoms with Crippen molar-refractivity contribution in [3.8, 4) is 5.75 Å². The maximum atomic E-state index is 12.1. The topological polar surface area (TPSA) is 106 Å². The van der Waals surface area contributed by atoms with E-state index < -0.39 is 0 Å². The molecule has 0 unspecified atom stereocenters. The average Bonchev–Trinajstić information content (AvgIpc) is 3.16. The fourth-order valence-electron chi connectivity index (χ4n) is 2.71. The number of thioether (sulfide) groups is 1. The highest BCUT2D eigenvalue weighted by Crippen LogP contribution is 2.26. The van der Waals surface area contributed by atoms with Crippen molar-refractivity contribution in [1.29, 1.82) is 0 Å². The summed E-state index contributed by atoms with van der Waals surface area (Å²) in [7, 11) is 1.60. The number of benzene rings is 1. The predicted octanol–water partition coefficient (Wildman–Crippen LogP) is 2.06. The number of hydrogen-bond donors (Lipinski definition) is 2. The quantitative estimate of drug-likeness (QED) is 0.758. The molecule has 3 rings (SSSR count). The number of nitrogens with one attached hydrogen (secondary N) is 1. The SMILES string of the molecule is COc1ccccc1Nc1nc(N)nc(CSCC(=O)N2CCCC2)n1. The molecule has 1 aromatic carbocycles. The second kappa shape index (κ2) is 8.70. The molecule has 1 aliphatic rings. The largest absolute Gasteiger partial charge is 0.495 e. The fraction of sp³-hybridized carbons (Fsp3) is 0.412. The number of hydrogen-bond acceptors (Lipinski definition) is 8. The van der Waals surface area contributed by atoms with Crippen LogP contribution in [0.2, 0.25) is 0 Å². The standard InChI is InChI=1S/C17H22N6O2S/c1-25-13-7-3-2-6-12(13)19-17-21-14(20-16(18)22-17)10-26-11-15(24)23-8-4-5-9-23/h2-3,6-7H,4-5,8-11H2,1H3,(H3,18,19,20,21,22). The van der Waals surface area contributed by atoms with E-state index in [0.717, 1.165) is 31.6 Å². The van der Waals surface area contributed by atoms with Crippen molar-refractivity contribution in [2.24, 2.45) is 0 Å². The van der Waals surface area contributed by atoms with E-state index in [1.807, 2.05) is 29.2 Å². The van der Waals surface area contributed by atoms with Crippen molar-refractivity contribution in [3.63, 3.8) is 0 Å². The van der Waals surface area contributed by atoms with E-state index in [1.54, 1.807) is 7.11 Å². The molecule has 26 heavy (non-hydrogen) atoms. The number of amides is 1. The van der Waals surface area contributed by atoms with Gasteiger partial charge in [0.05, 0.1) is 24.3 Å². The third-order valence-corrected chi connectivity index (χ3v) is 4.88. The third-order valence-electron chi connectivity index (χ3n) is 3.97. The second-order valence-electron chi connectivity index (χ2n) is 5.84. The highest BCUT2D eigenvalue weighted by atomic mass is 32.2. The molecule has 0 atom stereocenters. The molecule has 2 aromatic rings. The average molecular weight is 374 g/mol. The van der Waals surface area contributed by atoms with Gasteiger partial charge in [-0.3, -0.25) is 4.79 Å². The first-order valence-electron chi connectivity index (χ1n) is 8.41. The Hall–Kier alpha value is -2.55. The first kappa shape index (κ1) is 18.2. The van der Waals surface area contributed by atoms with Crippen LogP contribution in [0.4, 0.5) is 17.6 Å². The minimum absolute atomic E-state index is 0.138. The molecular formula is C17H22N6O2S. The minimum Gasteiger partial charge on any atom is -0.495 e. The van der Waals surface area contributed by atoms with Crippen LogP contribution < -0.4 is 15.8 Å². The molecule has 1 amide bonds. The Kier molecular flexibility index (Phi) is 6.11. The van der Waals surface area contributed by atoms with Gasteiger partial charge in [-0.25, -0.2) is 0 Å². The molecule has 1 aliphatic heterocycles. The molecule has 138 valence electrons. The second-order valence-corrected chi connectivity index (χ2v) is 6.83. The molecule has 9 heteroatoms. The summed E-state index contributed by atoms with van der Waals surface area (Å²) in [6.45, 7) is 1.73. The van der Waals surface area contributed by atoms with Gasteiger partial charge in [-0.05, 0) is 25.0 Å². The van der Waals surface area contributed by atoms with Crippen LogP contribution in [0, 0.1) is 0 Å². The zero-order valence-corrected chi connectivity index (χ0v) is 15.5. The minimum atomic E-state index is 0.138. The van der Waals surface area contributed by atoms with Crippen molar-refractivity contribution in [2.45, 2.75) is 18.6 Å². The van der Waals surface area contributed by atoms with E-state index in [0.29, 0.717) is 29.0 Å². The van der Waals surface area contributed by atoms with E-state index >= 15 is 0 Å². The van der Waals surface area contributed by atoms with E-state index in [2.05, 4.69) is 20.3 Å². The lowest BCUT2D eigenvalue weighted by Crippen LogP contribution is -2.29. The Balaban J connectivity index is 1.61. The summed E-state index contributed by atoms with van der Waals surface area (Å²) in [4.78, 5) is 26.6. The van der Waals surface area contributed by atoms with Crippen molar-refractivity contribution >= 4 is 35.3 Å². The summed E-state index contributed by atoms with van der Waals surface area (Å²) in [5.74, 6) is 2.78. The lowest BCUT2D eigenvalue weighted by Gasteiger charge is -2.14. The van der Waals surface area contributed by atoms with Gasteiger partial charge in [0.2, 0.25) is 17.8 Å². The molecule has 8 nitrogen and oxygen atoms in total. The maximum Gasteiger partial charge on any atom is 0.232 e. The Bertz CT molecular complexity index is 767. The number of rotatable bonds is 7. The number of ether oxygens (including phenoxy) is 1. The number of nitrogens with two attached hydrogens (primary N) is 1. The van der Waals surface area contributed by atoms with Crippen LogP contribution in [0.3, 0.4) is 0 Å². The number of aromatic nitrogens is 3. The van der Waals surface area contributed by atoms with E-state index in [9.17, 15) is 4.79 Å². The molecule has 1 aromatic heterocycles. The predicted molar refractivity (Wildman–Crippen MR) is 102 cm³/mol. The van der Waals surface area contributed by atoms with Crippen molar-refractivity contribution in [2.75, 3.05) is 37.0 Å². The third kappa shape index (κ3) is 4.75. The maximum absolute atomic E-state index is 12.1. The Labute approximate surface area is 156 Å². The van der Waals surface area contributed by atoms with Crippen LogP contribution in [0.25, 0.3) is 0 Å². The molecule has 1 saturated heterocycles. The first-order chi connectivity index (χ1) is 12.7. The number of methoxy groups -OCH3 is 1. The van der Waals surface area contributed by atoms with Gasteiger partial charge in [-0.15, -0.1) is 11.8 Å². The molecule has 2 heterocycles. The Morgan fingerprint density at radius 3 is 2.81 bits per heavy atom. The molecule has 3 N–H and O–H groups in total. The highest BCUT2D eigenvalue weighted by molar-refractivity contribution is 7.99. The number of carbonyl (C=O) groups excluding carboxylic acids is 1. The number of carbonyl (C=O) groups is 1. The number of nitrogen functional groups attached to an aromatic ring is 1. The molecule has 0 saturated carbocycles. The molecule has 0 bridgehead atoms. The van der Waals surface area contributed by atoms with E-state index in [-0.39, 0.29) is 11.9 Å².